The molecule has 92 valence electrons. The van der Waals surface area contributed by atoms with Gasteiger partial charge in [0.1, 0.15) is 5.82 Å². The molecule has 2 aromatic rings. The van der Waals surface area contributed by atoms with Crippen molar-refractivity contribution in [3.63, 3.8) is 0 Å². The first-order chi connectivity index (χ1) is 8.56. The minimum Gasteiger partial charge on any atom is -0.399 e. The Kier molecular flexibility index (Phi) is 3.48. The second-order valence-corrected chi connectivity index (χ2v) is 4.14. The van der Waals surface area contributed by atoms with Crippen LogP contribution >= 0.6 is 11.6 Å². The van der Waals surface area contributed by atoms with E-state index >= 15 is 0 Å². The molecule has 0 aliphatic heterocycles. The smallest absolute Gasteiger partial charge is 0.255 e. The Balaban J connectivity index is 2.24. The van der Waals surface area contributed by atoms with E-state index in [1.54, 1.807) is 18.2 Å². The molecule has 2 rings (SSSR count). The van der Waals surface area contributed by atoms with E-state index in [0.717, 1.165) is 0 Å². The molecule has 3 nitrogen and oxygen atoms in total. The van der Waals surface area contributed by atoms with Gasteiger partial charge in [-0.25, -0.2) is 4.39 Å². The minimum atomic E-state index is -0.545. The van der Waals surface area contributed by atoms with Crippen molar-refractivity contribution in [1.82, 2.24) is 0 Å². The van der Waals surface area contributed by atoms with Crippen molar-refractivity contribution in [3.05, 3.63) is 58.9 Å². The maximum Gasteiger partial charge on any atom is 0.255 e. The Morgan fingerprint density at radius 1 is 1.22 bits per heavy atom. The highest BCUT2D eigenvalue weighted by Gasteiger charge is 2.09. The summed E-state index contributed by atoms with van der Waals surface area (Å²) in [6.45, 7) is 0. The van der Waals surface area contributed by atoms with Gasteiger partial charge in [0, 0.05) is 16.3 Å². The highest BCUT2D eigenvalue weighted by atomic mass is 35.5. The van der Waals surface area contributed by atoms with Gasteiger partial charge < -0.3 is 11.1 Å². The van der Waals surface area contributed by atoms with Gasteiger partial charge in [0.25, 0.3) is 5.91 Å². The first kappa shape index (κ1) is 12.4. The Labute approximate surface area is 108 Å². The lowest BCUT2D eigenvalue weighted by Crippen LogP contribution is -2.13. The number of anilines is 2. The summed E-state index contributed by atoms with van der Waals surface area (Å²) in [5, 5.41) is 2.79. The minimum absolute atomic E-state index is 0.0370. The fourth-order valence-corrected chi connectivity index (χ4v) is 1.64. The predicted octanol–water partition coefficient (Wildman–Crippen LogP) is 3.31. The third-order valence-corrected chi connectivity index (χ3v) is 2.56. The van der Waals surface area contributed by atoms with E-state index in [4.69, 9.17) is 17.3 Å². The molecule has 0 spiro atoms. The fourth-order valence-electron chi connectivity index (χ4n) is 1.47. The quantitative estimate of drug-likeness (QED) is 0.818. The number of hydrogen-bond donors (Lipinski definition) is 2. The number of rotatable bonds is 2. The summed E-state index contributed by atoms with van der Waals surface area (Å²) in [4.78, 5) is 11.9. The molecule has 0 saturated heterocycles. The molecule has 18 heavy (non-hydrogen) atoms. The number of nitrogen functional groups attached to an aromatic ring is 1. The second-order valence-electron chi connectivity index (χ2n) is 3.70. The molecular weight excluding hydrogens is 255 g/mol. The van der Waals surface area contributed by atoms with Crippen LogP contribution < -0.4 is 11.1 Å². The van der Waals surface area contributed by atoms with Crippen LogP contribution in [0.5, 0.6) is 0 Å². The zero-order valence-corrected chi connectivity index (χ0v) is 10.0. The van der Waals surface area contributed by atoms with Crippen LogP contribution in [0.4, 0.5) is 15.8 Å². The topological polar surface area (TPSA) is 55.1 Å². The normalized spacial score (nSPS) is 10.1. The Morgan fingerprint density at radius 3 is 2.72 bits per heavy atom. The largest absolute Gasteiger partial charge is 0.399 e. The van der Waals surface area contributed by atoms with E-state index in [-0.39, 0.29) is 5.69 Å². The molecule has 0 radical (unpaired) electrons. The van der Waals surface area contributed by atoms with Crippen LogP contribution in [0.2, 0.25) is 5.02 Å². The summed E-state index contributed by atoms with van der Waals surface area (Å²) in [7, 11) is 0. The lowest BCUT2D eigenvalue weighted by Gasteiger charge is -2.07. The standard InChI is InChI=1S/C13H10ClFN2O/c14-9-4-5-11(15)12(7-9)17-13(18)8-2-1-3-10(16)6-8/h1-7H,16H2,(H,17,18). The number of hydrogen-bond acceptors (Lipinski definition) is 2. The van der Waals surface area contributed by atoms with E-state index in [9.17, 15) is 9.18 Å². The van der Waals surface area contributed by atoms with Crippen molar-refractivity contribution < 1.29 is 9.18 Å². The Morgan fingerprint density at radius 2 is 2.00 bits per heavy atom. The van der Waals surface area contributed by atoms with Crippen molar-refractivity contribution >= 4 is 28.9 Å². The summed E-state index contributed by atoms with van der Waals surface area (Å²) in [6.07, 6.45) is 0. The number of nitrogens with two attached hydrogens (primary N) is 1. The van der Waals surface area contributed by atoms with Gasteiger partial charge in [0.15, 0.2) is 0 Å². The lowest BCUT2D eigenvalue weighted by atomic mass is 10.2. The number of nitrogens with one attached hydrogen (secondary N) is 1. The Bertz CT molecular complexity index is 601. The van der Waals surface area contributed by atoms with E-state index in [2.05, 4.69) is 5.32 Å². The zero-order valence-electron chi connectivity index (χ0n) is 9.28. The molecule has 0 fully saturated rings. The van der Waals surface area contributed by atoms with Crippen LogP contribution in [0, 0.1) is 5.82 Å². The molecule has 0 bridgehead atoms. The van der Waals surface area contributed by atoms with Crippen LogP contribution in [0.3, 0.4) is 0 Å². The number of carbonyl (C=O) groups excluding carboxylic acids is 1. The second kappa shape index (κ2) is 5.06. The number of benzene rings is 2. The van der Waals surface area contributed by atoms with Crippen molar-refractivity contribution in [2.24, 2.45) is 0 Å². The van der Waals surface area contributed by atoms with Crippen LogP contribution in [0.15, 0.2) is 42.5 Å². The molecule has 0 aliphatic carbocycles. The molecular formula is C13H10ClFN2O. The van der Waals surface area contributed by atoms with Gasteiger partial charge in [-0.1, -0.05) is 17.7 Å². The molecule has 0 aromatic heterocycles. The van der Waals surface area contributed by atoms with Crippen molar-refractivity contribution in [2.75, 3.05) is 11.1 Å². The summed E-state index contributed by atoms with van der Waals surface area (Å²) < 4.78 is 13.4. The van der Waals surface area contributed by atoms with E-state index in [1.807, 2.05) is 0 Å². The van der Waals surface area contributed by atoms with Gasteiger partial charge in [-0.2, -0.15) is 0 Å². The fraction of sp³-hybridized carbons (Fsp3) is 0. The van der Waals surface area contributed by atoms with Crippen molar-refractivity contribution in [2.45, 2.75) is 0 Å². The lowest BCUT2D eigenvalue weighted by molar-refractivity contribution is 0.102. The molecule has 0 aliphatic rings. The Hall–Kier alpha value is -2.07. The molecule has 0 saturated carbocycles. The SMILES string of the molecule is Nc1cccc(C(=O)Nc2cc(Cl)ccc2F)c1. The molecule has 5 heteroatoms. The van der Waals surface area contributed by atoms with E-state index in [1.165, 1.54) is 24.3 Å². The summed E-state index contributed by atoms with van der Waals surface area (Å²) in [5.74, 6) is -0.986. The maximum absolute atomic E-state index is 13.4. The number of amides is 1. The first-order valence-electron chi connectivity index (χ1n) is 5.18. The van der Waals surface area contributed by atoms with Crippen molar-refractivity contribution in [3.8, 4) is 0 Å². The summed E-state index contributed by atoms with van der Waals surface area (Å²) in [5.41, 5.74) is 6.43. The summed E-state index contributed by atoms with van der Waals surface area (Å²) >= 11 is 5.73. The number of halogens is 2. The maximum atomic E-state index is 13.4. The van der Waals surface area contributed by atoms with E-state index < -0.39 is 11.7 Å². The van der Waals surface area contributed by atoms with Crippen molar-refractivity contribution in [1.29, 1.82) is 0 Å². The summed E-state index contributed by atoms with van der Waals surface area (Å²) in [6, 6.07) is 10.4. The molecule has 0 atom stereocenters. The third kappa shape index (κ3) is 2.78. The molecule has 1 amide bonds. The van der Waals surface area contributed by atoms with Gasteiger partial charge in [0.05, 0.1) is 5.69 Å². The molecule has 0 heterocycles. The average molecular weight is 265 g/mol. The molecule has 3 N–H and O–H groups in total. The first-order valence-corrected chi connectivity index (χ1v) is 5.56. The van der Waals surface area contributed by atoms with Crippen LogP contribution in [0.25, 0.3) is 0 Å². The van der Waals surface area contributed by atoms with Gasteiger partial charge in [-0.15, -0.1) is 0 Å². The highest BCUT2D eigenvalue weighted by molar-refractivity contribution is 6.31. The molecule has 0 unspecified atom stereocenters. The molecule has 2 aromatic carbocycles. The predicted molar refractivity (Wildman–Crippen MR) is 70.2 cm³/mol. The monoisotopic (exact) mass is 264 g/mol. The van der Waals surface area contributed by atoms with Gasteiger partial charge in [0.2, 0.25) is 0 Å². The average Bonchev–Trinajstić information content (AvgIpc) is 2.34. The van der Waals surface area contributed by atoms with E-state index in [0.29, 0.717) is 16.3 Å². The van der Waals surface area contributed by atoms with Gasteiger partial charge in [-0.05, 0) is 36.4 Å². The number of carbonyl (C=O) groups is 1. The highest BCUT2D eigenvalue weighted by Crippen LogP contribution is 2.20. The van der Waals surface area contributed by atoms with Gasteiger partial charge >= 0.3 is 0 Å². The third-order valence-electron chi connectivity index (χ3n) is 2.33. The van der Waals surface area contributed by atoms with Crippen LogP contribution in [-0.2, 0) is 0 Å². The van der Waals surface area contributed by atoms with Gasteiger partial charge in [-0.3, -0.25) is 4.79 Å². The van der Waals surface area contributed by atoms with Crippen LogP contribution in [0.1, 0.15) is 10.4 Å². The van der Waals surface area contributed by atoms with Crippen LogP contribution in [-0.4, -0.2) is 5.91 Å². The zero-order chi connectivity index (χ0) is 13.1.